The molecule has 0 bridgehead atoms. The maximum atomic E-state index is 10.1. The summed E-state index contributed by atoms with van der Waals surface area (Å²) in [6, 6.07) is 0. The SMILES string of the molecule is COCCC(C)=O.COCCOC. The summed E-state index contributed by atoms with van der Waals surface area (Å²) < 4.78 is 13.9. The molecule has 0 N–H and O–H groups in total. The number of carbonyl (C=O) groups is 1. The molecule has 0 spiro atoms. The van der Waals surface area contributed by atoms with Crippen LogP contribution < -0.4 is 0 Å². The van der Waals surface area contributed by atoms with Crippen LogP contribution >= 0.6 is 0 Å². The molecule has 0 heterocycles. The molecule has 0 aromatic carbocycles. The van der Waals surface area contributed by atoms with Crippen LogP contribution in [0.2, 0.25) is 0 Å². The van der Waals surface area contributed by atoms with Crippen molar-refractivity contribution in [1.82, 2.24) is 0 Å². The van der Waals surface area contributed by atoms with E-state index in [0.717, 1.165) is 0 Å². The van der Waals surface area contributed by atoms with Crippen molar-refractivity contribution in [3.8, 4) is 0 Å². The van der Waals surface area contributed by atoms with Gasteiger partial charge in [0, 0.05) is 27.8 Å². The minimum absolute atomic E-state index is 0.182. The molecule has 0 saturated heterocycles. The van der Waals surface area contributed by atoms with Crippen molar-refractivity contribution < 1.29 is 19.0 Å². The Morgan fingerprint density at radius 1 is 0.923 bits per heavy atom. The van der Waals surface area contributed by atoms with Crippen LogP contribution in [0, 0.1) is 0 Å². The molecule has 0 amide bonds. The largest absolute Gasteiger partial charge is 0.384 e. The number of Topliss-reactive ketones (excluding diaryl/α,β-unsaturated/α-hetero) is 1. The van der Waals surface area contributed by atoms with Crippen molar-refractivity contribution >= 4 is 5.78 Å². The topological polar surface area (TPSA) is 44.8 Å². The first-order valence-corrected chi connectivity index (χ1v) is 4.15. The Morgan fingerprint density at radius 2 is 1.31 bits per heavy atom. The lowest BCUT2D eigenvalue weighted by Gasteiger charge is -1.91. The summed E-state index contributed by atoms with van der Waals surface area (Å²) in [5, 5.41) is 0. The lowest BCUT2D eigenvalue weighted by Crippen LogP contribution is -1.96. The molecule has 13 heavy (non-hydrogen) atoms. The molecule has 0 aliphatic rings. The Kier molecular flexibility index (Phi) is 16.3. The number of hydrogen-bond acceptors (Lipinski definition) is 4. The van der Waals surface area contributed by atoms with Crippen molar-refractivity contribution in [3.05, 3.63) is 0 Å². The van der Waals surface area contributed by atoms with E-state index in [1.807, 2.05) is 0 Å². The Balaban J connectivity index is 0. The van der Waals surface area contributed by atoms with Gasteiger partial charge in [0.25, 0.3) is 0 Å². The van der Waals surface area contributed by atoms with E-state index in [9.17, 15) is 4.79 Å². The lowest BCUT2D eigenvalue weighted by atomic mass is 10.3. The molecule has 80 valence electrons. The highest BCUT2D eigenvalue weighted by Gasteiger charge is 1.87. The summed E-state index contributed by atoms with van der Waals surface area (Å²) in [6.07, 6.45) is 0.538. The molecule has 0 saturated carbocycles. The van der Waals surface area contributed by atoms with Gasteiger partial charge >= 0.3 is 0 Å². The normalized spacial score (nSPS) is 8.92. The molecule has 0 unspecified atom stereocenters. The van der Waals surface area contributed by atoms with Gasteiger partial charge in [0.1, 0.15) is 5.78 Å². The molecule has 0 fully saturated rings. The van der Waals surface area contributed by atoms with E-state index >= 15 is 0 Å². The third-order valence-corrected chi connectivity index (χ3v) is 1.15. The minimum Gasteiger partial charge on any atom is -0.384 e. The van der Waals surface area contributed by atoms with E-state index in [1.54, 1.807) is 28.3 Å². The van der Waals surface area contributed by atoms with Crippen LogP contribution in [0.25, 0.3) is 0 Å². The monoisotopic (exact) mass is 192 g/mol. The fourth-order valence-corrected chi connectivity index (χ4v) is 0.412. The van der Waals surface area contributed by atoms with Gasteiger partial charge in [-0.2, -0.15) is 0 Å². The highest BCUT2D eigenvalue weighted by molar-refractivity contribution is 5.75. The Bertz CT molecular complexity index is 99.8. The Morgan fingerprint density at radius 3 is 1.46 bits per heavy atom. The summed E-state index contributed by atoms with van der Waals surface area (Å²) in [5.41, 5.74) is 0. The van der Waals surface area contributed by atoms with Gasteiger partial charge < -0.3 is 14.2 Å². The molecule has 0 aliphatic heterocycles. The van der Waals surface area contributed by atoms with E-state index < -0.39 is 0 Å². The minimum atomic E-state index is 0.182. The van der Waals surface area contributed by atoms with Gasteiger partial charge in [0.2, 0.25) is 0 Å². The van der Waals surface area contributed by atoms with Crippen LogP contribution in [0.5, 0.6) is 0 Å². The van der Waals surface area contributed by atoms with Gasteiger partial charge in [0.15, 0.2) is 0 Å². The Hall–Kier alpha value is -0.450. The molecular weight excluding hydrogens is 172 g/mol. The summed E-state index contributed by atoms with van der Waals surface area (Å²) in [4.78, 5) is 10.1. The van der Waals surface area contributed by atoms with Gasteiger partial charge in [0.05, 0.1) is 19.8 Å². The lowest BCUT2D eigenvalue weighted by molar-refractivity contribution is -0.117. The molecule has 4 heteroatoms. The number of ketones is 1. The number of hydrogen-bond donors (Lipinski definition) is 0. The van der Waals surface area contributed by atoms with Gasteiger partial charge in [-0.3, -0.25) is 4.79 Å². The molecule has 0 atom stereocenters. The maximum Gasteiger partial charge on any atom is 0.132 e. The molecule has 0 radical (unpaired) electrons. The Labute approximate surface area is 80.2 Å². The third-order valence-electron chi connectivity index (χ3n) is 1.15. The fraction of sp³-hybridized carbons (Fsp3) is 0.889. The van der Waals surface area contributed by atoms with Crippen LogP contribution in [0.3, 0.4) is 0 Å². The zero-order valence-corrected chi connectivity index (χ0v) is 8.96. The number of carbonyl (C=O) groups excluding carboxylic acids is 1. The number of rotatable bonds is 6. The van der Waals surface area contributed by atoms with Crippen LogP contribution in [-0.4, -0.2) is 46.9 Å². The maximum absolute atomic E-state index is 10.1. The summed E-state index contributed by atoms with van der Waals surface area (Å²) in [5.74, 6) is 0.182. The van der Waals surface area contributed by atoms with Crippen LogP contribution in [0.1, 0.15) is 13.3 Å². The fourth-order valence-electron chi connectivity index (χ4n) is 0.412. The van der Waals surface area contributed by atoms with Gasteiger partial charge in [-0.05, 0) is 6.92 Å². The summed E-state index contributed by atoms with van der Waals surface area (Å²) in [7, 11) is 4.89. The second-order valence-corrected chi connectivity index (χ2v) is 2.43. The first-order chi connectivity index (χ1) is 6.18. The standard InChI is InChI=1S/C5H10O2.C4H10O2/c1-5(6)3-4-7-2;1-5-3-4-6-2/h3-4H2,1-2H3;3-4H2,1-2H3. The molecule has 0 aliphatic carbocycles. The van der Waals surface area contributed by atoms with E-state index in [0.29, 0.717) is 26.2 Å². The summed E-state index contributed by atoms with van der Waals surface area (Å²) >= 11 is 0. The van der Waals surface area contributed by atoms with E-state index in [4.69, 9.17) is 0 Å². The van der Waals surface area contributed by atoms with Crippen molar-refractivity contribution in [2.45, 2.75) is 13.3 Å². The van der Waals surface area contributed by atoms with Gasteiger partial charge in [-0.25, -0.2) is 0 Å². The highest BCUT2D eigenvalue weighted by Crippen LogP contribution is 1.79. The number of ether oxygens (including phenoxy) is 3. The van der Waals surface area contributed by atoms with Crippen molar-refractivity contribution in [1.29, 1.82) is 0 Å². The summed E-state index contributed by atoms with van der Waals surface area (Å²) in [6.45, 7) is 3.49. The molecule has 4 nitrogen and oxygen atoms in total. The predicted molar refractivity (Wildman–Crippen MR) is 50.9 cm³/mol. The molecular formula is C9H20O4. The number of methoxy groups -OCH3 is 3. The second-order valence-electron chi connectivity index (χ2n) is 2.43. The van der Waals surface area contributed by atoms with E-state index in [-0.39, 0.29) is 5.78 Å². The first kappa shape index (κ1) is 15.0. The van der Waals surface area contributed by atoms with Crippen LogP contribution in [0.4, 0.5) is 0 Å². The van der Waals surface area contributed by atoms with Gasteiger partial charge in [-0.15, -0.1) is 0 Å². The van der Waals surface area contributed by atoms with Crippen molar-refractivity contribution in [2.24, 2.45) is 0 Å². The molecule has 0 aromatic rings. The molecule has 0 rings (SSSR count). The first-order valence-electron chi connectivity index (χ1n) is 4.15. The quantitative estimate of drug-likeness (QED) is 0.586. The third kappa shape index (κ3) is 24.6. The van der Waals surface area contributed by atoms with Crippen molar-refractivity contribution in [3.63, 3.8) is 0 Å². The zero-order chi connectivity index (χ0) is 10.5. The predicted octanol–water partition coefficient (Wildman–Crippen LogP) is 0.891. The van der Waals surface area contributed by atoms with Crippen molar-refractivity contribution in [2.75, 3.05) is 41.2 Å². The van der Waals surface area contributed by atoms with Crippen LogP contribution in [0.15, 0.2) is 0 Å². The average molecular weight is 192 g/mol. The average Bonchev–Trinajstić information content (AvgIpc) is 2.12. The van der Waals surface area contributed by atoms with Crippen LogP contribution in [-0.2, 0) is 19.0 Å². The smallest absolute Gasteiger partial charge is 0.132 e. The highest BCUT2D eigenvalue weighted by atomic mass is 16.5. The molecule has 0 aromatic heterocycles. The second kappa shape index (κ2) is 14.1. The zero-order valence-electron chi connectivity index (χ0n) is 8.96. The van der Waals surface area contributed by atoms with Gasteiger partial charge in [-0.1, -0.05) is 0 Å². The van der Waals surface area contributed by atoms with E-state index in [2.05, 4.69) is 14.2 Å². The van der Waals surface area contributed by atoms with E-state index in [1.165, 1.54) is 0 Å².